The summed E-state index contributed by atoms with van der Waals surface area (Å²) in [6.07, 6.45) is 8.21. The smallest absolute Gasteiger partial charge is 0.220 e. The summed E-state index contributed by atoms with van der Waals surface area (Å²) in [5, 5.41) is 0.856. The van der Waals surface area contributed by atoms with Gasteiger partial charge in [0.25, 0.3) is 0 Å². The fraction of sp³-hybridized carbons (Fsp3) is 0.353. The van der Waals surface area contributed by atoms with Crippen LogP contribution in [0.3, 0.4) is 0 Å². The number of halogens is 2. The molecule has 3 aromatic heterocycles. The molecule has 1 aliphatic rings. The summed E-state index contributed by atoms with van der Waals surface area (Å²) in [5.41, 5.74) is 7.42. The van der Waals surface area contributed by atoms with E-state index in [1.54, 1.807) is 6.20 Å². The van der Waals surface area contributed by atoms with E-state index in [1.165, 1.54) is 0 Å². The van der Waals surface area contributed by atoms with Gasteiger partial charge >= 0.3 is 0 Å². The Morgan fingerprint density at radius 1 is 1.32 bits per heavy atom. The Hall–Kier alpha value is -2.06. The molecule has 1 atom stereocenters. The SMILES string of the molecule is Nc1ncc(F)c(-c2cn(CC3CCCCO3)c3cnc(Br)cc23)n1. The number of anilines is 1. The molecular formula is C17H17BrFN5O. The molecule has 0 saturated carbocycles. The lowest BCUT2D eigenvalue weighted by atomic mass is 10.1. The van der Waals surface area contributed by atoms with Gasteiger partial charge in [0, 0.05) is 30.3 Å². The Kier molecular flexibility index (Phi) is 4.39. The van der Waals surface area contributed by atoms with E-state index in [-0.39, 0.29) is 17.7 Å². The molecule has 130 valence electrons. The van der Waals surface area contributed by atoms with Gasteiger partial charge in [-0.1, -0.05) is 0 Å². The summed E-state index contributed by atoms with van der Waals surface area (Å²) < 4.78 is 22.9. The number of hydrogen-bond acceptors (Lipinski definition) is 5. The van der Waals surface area contributed by atoms with E-state index in [4.69, 9.17) is 10.5 Å². The van der Waals surface area contributed by atoms with E-state index < -0.39 is 5.82 Å². The summed E-state index contributed by atoms with van der Waals surface area (Å²) in [5.74, 6) is -0.462. The standard InChI is InChI=1S/C17H17BrFN5O/c18-15-5-11-12(16-13(19)6-22-17(20)23-16)9-24(14(11)7-21-15)8-10-3-1-2-4-25-10/h5-7,9-10H,1-4,8H2,(H2,20,22,23). The van der Waals surface area contributed by atoms with Crippen molar-refractivity contribution in [3.05, 3.63) is 35.1 Å². The molecule has 0 aromatic carbocycles. The predicted octanol–water partition coefficient (Wildman–Crippen LogP) is 3.55. The minimum absolute atomic E-state index is 0.0426. The Bertz CT molecular complexity index is 923. The molecule has 25 heavy (non-hydrogen) atoms. The number of fused-ring (bicyclic) bond motifs is 1. The van der Waals surface area contributed by atoms with Crippen LogP contribution in [0, 0.1) is 5.82 Å². The van der Waals surface area contributed by atoms with Crippen LogP contribution in [-0.2, 0) is 11.3 Å². The van der Waals surface area contributed by atoms with Gasteiger partial charge in [-0.05, 0) is 41.3 Å². The van der Waals surface area contributed by atoms with Crippen LogP contribution in [0.25, 0.3) is 22.2 Å². The molecule has 0 aliphatic carbocycles. The number of nitrogens with two attached hydrogens (primary N) is 1. The second-order valence-corrected chi connectivity index (χ2v) is 6.95. The number of rotatable bonds is 3. The van der Waals surface area contributed by atoms with Gasteiger partial charge in [-0.3, -0.25) is 0 Å². The maximum Gasteiger partial charge on any atom is 0.220 e. The molecule has 8 heteroatoms. The van der Waals surface area contributed by atoms with Crippen LogP contribution in [0.15, 0.2) is 29.3 Å². The third-order valence-corrected chi connectivity index (χ3v) is 4.86. The lowest BCUT2D eigenvalue weighted by Crippen LogP contribution is -2.24. The van der Waals surface area contributed by atoms with Crippen LogP contribution in [0.5, 0.6) is 0 Å². The summed E-state index contributed by atoms with van der Waals surface area (Å²) in [4.78, 5) is 12.1. The quantitative estimate of drug-likeness (QED) is 0.674. The highest BCUT2D eigenvalue weighted by atomic mass is 79.9. The lowest BCUT2D eigenvalue weighted by molar-refractivity contribution is 0.00670. The molecule has 0 radical (unpaired) electrons. The molecule has 1 fully saturated rings. The maximum atomic E-state index is 14.3. The molecule has 0 bridgehead atoms. The predicted molar refractivity (Wildman–Crippen MR) is 96.4 cm³/mol. The topological polar surface area (TPSA) is 78.8 Å². The molecule has 0 spiro atoms. The number of hydrogen-bond donors (Lipinski definition) is 1. The van der Waals surface area contributed by atoms with Crippen molar-refractivity contribution in [2.24, 2.45) is 0 Å². The number of pyridine rings is 1. The first-order valence-corrected chi connectivity index (χ1v) is 8.95. The molecule has 3 aromatic rings. The van der Waals surface area contributed by atoms with Crippen LogP contribution < -0.4 is 5.73 Å². The molecule has 4 rings (SSSR count). The van der Waals surface area contributed by atoms with E-state index in [1.807, 2.05) is 12.3 Å². The molecule has 1 saturated heterocycles. The molecule has 1 aliphatic heterocycles. The highest BCUT2D eigenvalue weighted by molar-refractivity contribution is 9.10. The zero-order chi connectivity index (χ0) is 17.4. The van der Waals surface area contributed by atoms with Gasteiger partial charge < -0.3 is 15.0 Å². The molecule has 2 N–H and O–H groups in total. The summed E-state index contributed by atoms with van der Waals surface area (Å²) in [6, 6.07) is 1.86. The second kappa shape index (κ2) is 6.68. The molecule has 6 nitrogen and oxygen atoms in total. The molecule has 4 heterocycles. The highest BCUT2D eigenvalue weighted by Gasteiger charge is 2.20. The monoisotopic (exact) mass is 405 g/mol. The van der Waals surface area contributed by atoms with Crippen LogP contribution in [0.4, 0.5) is 10.3 Å². The first-order chi connectivity index (χ1) is 12.1. The van der Waals surface area contributed by atoms with Gasteiger partial charge in [-0.2, -0.15) is 0 Å². The fourth-order valence-electron chi connectivity index (χ4n) is 3.24. The van der Waals surface area contributed by atoms with E-state index >= 15 is 0 Å². The largest absolute Gasteiger partial charge is 0.376 e. The van der Waals surface area contributed by atoms with E-state index in [0.29, 0.717) is 16.7 Å². The maximum absolute atomic E-state index is 14.3. The Morgan fingerprint density at radius 2 is 2.20 bits per heavy atom. The fourth-order valence-corrected chi connectivity index (χ4v) is 3.57. The van der Waals surface area contributed by atoms with Crippen molar-refractivity contribution < 1.29 is 9.13 Å². The van der Waals surface area contributed by atoms with E-state index in [9.17, 15) is 4.39 Å². The minimum Gasteiger partial charge on any atom is -0.376 e. The number of ether oxygens (including phenoxy) is 1. The van der Waals surface area contributed by atoms with Crippen molar-refractivity contribution in [3.8, 4) is 11.3 Å². The summed E-state index contributed by atoms with van der Waals surface area (Å²) in [6.45, 7) is 1.49. The summed E-state index contributed by atoms with van der Waals surface area (Å²) in [7, 11) is 0. The van der Waals surface area contributed by atoms with Crippen LogP contribution in [0.1, 0.15) is 19.3 Å². The third kappa shape index (κ3) is 3.23. The third-order valence-electron chi connectivity index (χ3n) is 4.43. The number of nitrogen functional groups attached to an aromatic ring is 1. The summed E-state index contributed by atoms with van der Waals surface area (Å²) >= 11 is 3.38. The second-order valence-electron chi connectivity index (χ2n) is 6.13. The number of nitrogens with zero attached hydrogens (tertiary/aromatic N) is 4. The Morgan fingerprint density at radius 3 is 3.00 bits per heavy atom. The van der Waals surface area contributed by atoms with Gasteiger partial charge in [0.2, 0.25) is 5.95 Å². The zero-order valence-corrected chi connectivity index (χ0v) is 15.0. The van der Waals surface area contributed by atoms with Gasteiger partial charge in [-0.25, -0.2) is 19.3 Å². The average molecular weight is 406 g/mol. The van der Waals surface area contributed by atoms with Gasteiger partial charge in [-0.15, -0.1) is 0 Å². The molecule has 0 amide bonds. The molecular weight excluding hydrogens is 389 g/mol. The Balaban J connectivity index is 1.83. The first-order valence-electron chi connectivity index (χ1n) is 8.16. The average Bonchev–Trinajstić information content (AvgIpc) is 2.95. The minimum atomic E-state index is -0.505. The Labute approximate surface area is 152 Å². The van der Waals surface area contributed by atoms with Crippen molar-refractivity contribution in [3.63, 3.8) is 0 Å². The zero-order valence-electron chi connectivity index (χ0n) is 13.5. The van der Waals surface area contributed by atoms with Crippen molar-refractivity contribution in [1.29, 1.82) is 0 Å². The molecule has 1 unspecified atom stereocenters. The van der Waals surface area contributed by atoms with Gasteiger partial charge in [0.1, 0.15) is 10.3 Å². The van der Waals surface area contributed by atoms with Crippen molar-refractivity contribution >= 4 is 32.8 Å². The van der Waals surface area contributed by atoms with Crippen molar-refractivity contribution in [2.45, 2.75) is 31.9 Å². The van der Waals surface area contributed by atoms with E-state index in [0.717, 1.165) is 43.0 Å². The van der Waals surface area contributed by atoms with E-state index in [2.05, 4.69) is 35.4 Å². The van der Waals surface area contributed by atoms with Crippen LogP contribution in [-0.4, -0.2) is 32.2 Å². The lowest BCUT2D eigenvalue weighted by Gasteiger charge is -2.23. The highest BCUT2D eigenvalue weighted by Crippen LogP contribution is 2.33. The normalized spacial score (nSPS) is 17.9. The van der Waals surface area contributed by atoms with Crippen LogP contribution in [0.2, 0.25) is 0 Å². The van der Waals surface area contributed by atoms with Crippen molar-refractivity contribution in [2.75, 3.05) is 12.3 Å². The van der Waals surface area contributed by atoms with Gasteiger partial charge in [0.15, 0.2) is 5.82 Å². The first kappa shape index (κ1) is 16.4. The number of aromatic nitrogens is 4. The van der Waals surface area contributed by atoms with Crippen LogP contribution >= 0.6 is 15.9 Å². The van der Waals surface area contributed by atoms with Gasteiger partial charge in [0.05, 0.1) is 24.0 Å². The van der Waals surface area contributed by atoms with Crippen molar-refractivity contribution in [1.82, 2.24) is 19.5 Å².